The molecular weight excluding hydrogens is 314 g/mol. The third-order valence-corrected chi connectivity index (χ3v) is 3.93. The lowest BCUT2D eigenvalue weighted by Crippen LogP contribution is -2.36. The largest absolute Gasteiger partial charge is 0.474 e. The number of aliphatic hydroxyl groups is 1. The Morgan fingerprint density at radius 2 is 2.08 bits per heavy atom. The summed E-state index contributed by atoms with van der Waals surface area (Å²) in [5, 5.41) is 22.5. The Balaban J connectivity index is 1.70. The van der Waals surface area contributed by atoms with Crippen molar-refractivity contribution in [1.29, 1.82) is 5.26 Å². The Kier molecular flexibility index (Phi) is 7.39. The van der Waals surface area contributed by atoms with Gasteiger partial charge in [-0.2, -0.15) is 5.26 Å². The van der Waals surface area contributed by atoms with Crippen LogP contribution in [0.25, 0.3) is 0 Å². The molecule has 0 bridgehead atoms. The standard InChI is InChI=1S/C20H25N3O2/c1-15-10-18(11-21)20(23-12-15)25-14-19(24)13-22-16(2)8-9-17-6-4-3-5-7-17/h3-7,10,12,16,19,22,24H,8-9,13-14H2,1-2H3. The van der Waals surface area contributed by atoms with Crippen LogP contribution >= 0.6 is 0 Å². The van der Waals surface area contributed by atoms with Crippen molar-refractivity contribution < 1.29 is 9.84 Å². The maximum Gasteiger partial charge on any atom is 0.231 e. The predicted octanol–water partition coefficient (Wildman–Crippen LogP) is 2.61. The summed E-state index contributed by atoms with van der Waals surface area (Å²) in [5.41, 5.74) is 2.60. The highest BCUT2D eigenvalue weighted by molar-refractivity contribution is 5.39. The van der Waals surface area contributed by atoms with Gasteiger partial charge < -0.3 is 15.2 Å². The van der Waals surface area contributed by atoms with E-state index < -0.39 is 6.10 Å². The number of nitrogens with zero attached hydrogens (tertiary/aromatic N) is 2. The molecule has 0 saturated carbocycles. The fourth-order valence-electron chi connectivity index (χ4n) is 2.45. The summed E-state index contributed by atoms with van der Waals surface area (Å²) in [4.78, 5) is 4.10. The van der Waals surface area contributed by atoms with Gasteiger partial charge in [-0.1, -0.05) is 30.3 Å². The molecule has 2 unspecified atom stereocenters. The molecule has 2 atom stereocenters. The monoisotopic (exact) mass is 339 g/mol. The molecule has 0 aliphatic heterocycles. The third-order valence-electron chi connectivity index (χ3n) is 3.93. The number of pyridine rings is 1. The number of benzene rings is 1. The van der Waals surface area contributed by atoms with E-state index in [4.69, 9.17) is 10.00 Å². The summed E-state index contributed by atoms with van der Waals surface area (Å²) in [7, 11) is 0. The first-order valence-corrected chi connectivity index (χ1v) is 8.53. The Hall–Kier alpha value is -2.42. The van der Waals surface area contributed by atoms with Crippen LogP contribution in [0.3, 0.4) is 0 Å². The Bertz CT molecular complexity index is 698. The molecule has 0 spiro atoms. The molecule has 132 valence electrons. The molecular formula is C20H25N3O2. The minimum Gasteiger partial charge on any atom is -0.474 e. The fourth-order valence-corrected chi connectivity index (χ4v) is 2.45. The smallest absolute Gasteiger partial charge is 0.231 e. The molecule has 2 N–H and O–H groups in total. The topological polar surface area (TPSA) is 78.2 Å². The molecule has 0 fully saturated rings. The number of hydrogen-bond acceptors (Lipinski definition) is 5. The molecule has 5 nitrogen and oxygen atoms in total. The Morgan fingerprint density at radius 1 is 1.32 bits per heavy atom. The van der Waals surface area contributed by atoms with Crippen molar-refractivity contribution in [3.05, 3.63) is 59.3 Å². The van der Waals surface area contributed by atoms with Crippen molar-refractivity contribution in [2.45, 2.75) is 38.8 Å². The summed E-state index contributed by atoms with van der Waals surface area (Å²) in [6.45, 7) is 4.51. The van der Waals surface area contributed by atoms with Crippen molar-refractivity contribution in [2.75, 3.05) is 13.2 Å². The van der Waals surface area contributed by atoms with Crippen LogP contribution in [0.1, 0.15) is 30.0 Å². The molecule has 1 heterocycles. The highest BCUT2D eigenvalue weighted by atomic mass is 16.5. The van der Waals surface area contributed by atoms with E-state index in [-0.39, 0.29) is 12.5 Å². The van der Waals surface area contributed by atoms with Gasteiger partial charge in [-0.25, -0.2) is 4.98 Å². The van der Waals surface area contributed by atoms with Gasteiger partial charge in [-0.05, 0) is 43.9 Å². The zero-order valence-corrected chi connectivity index (χ0v) is 14.8. The molecule has 0 aliphatic rings. The molecule has 25 heavy (non-hydrogen) atoms. The van der Waals surface area contributed by atoms with Crippen LogP contribution < -0.4 is 10.1 Å². The summed E-state index contributed by atoms with van der Waals surface area (Å²) < 4.78 is 5.48. The Morgan fingerprint density at radius 3 is 2.80 bits per heavy atom. The lowest BCUT2D eigenvalue weighted by molar-refractivity contribution is 0.101. The number of aliphatic hydroxyl groups excluding tert-OH is 1. The van der Waals surface area contributed by atoms with Crippen LogP contribution in [0.15, 0.2) is 42.6 Å². The first-order chi connectivity index (χ1) is 12.1. The van der Waals surface area contributed by atoms with E-state index in [1.165, 1.54) is 5.56 Å². The second kappa shape index (κ2) is 9.77. The van der Waals surface area contributed by atoms with Gasteiger partial charge in [-0.15, -0.1) is 0 Å². The van der Waals surface area contributed by atoms with Gasteiger partial charge >= 0.3 is 0 Å². The van der Waals surface area contributed by atoms with E-state index in [1.54, 1.807) is 12.3 Å². The lowest BCUT2D eigenvalue weighted by Gasteiger charge is -2.17. The first-order valence-electron chi connectivity index (χ1n) is 8.53. The van der Waals surface area contributed by atoms with E-state index in [2.05, 4.69) is 35.4 Å². The molecule has 1 aromatic heterocycles. The lowest BCUT2D eigenvalue weighted by atomic mass is 10.1. The van der Waals surface area contributed by atoms with Crippen LogP contribution in [0.4, 0.5) is 0 Å². The van der Waals surface area contributed by atoms with Gasteiger partial charge in [0.1, 0.15) is 24.3 Å². The fraction of sp³-hybridized carbons (Fsp3) is 0.400. The number of hydrogen-bond donors (Lipinski definition) is 2. The predicted molar refractivity (Wildman–Crippen MR) is 97.4 cm³/mol. The number of aryl methyl sites for hydroxylation is 2. The summed E-state index contributed by atoms with van der Waals surface area (Å²) in [6, 6.07) is 14.4. The molecule has 0 saturated heterocycles. The van der Waals surface area contributed by atoms with E-state index in [0.717, 1.165) is 18.4 Å². The van der Waals surface area contributed by atoms with Gasteiger partial charge in [0.25, 0.3) is 0 Å². The van der Waals surface area contributed by atoms with Crippen molar-refractivity contribution in [3.8, 4) is 11.9 Å². The number of aromatic nitrogens is 1. The normalized spacial score (nSPS) is 13.0. The number of nitrogens with one attached hydrogen (secondary N) is 1. The van der Waals surface area contributed by atoms with Crippen LogP contribution in [0, 0.1) is 18.3 Å². The summed E-state index contributed by atoms with van der Waals surface area (Å²) in [5.74, 6) is 0.268. The van der Waals surface area contributed by atoms with Gasteiger partial charge in [0.05, 0.1) is 0 Å². The quantitative estimate of drug-likeness (QED) is 0.734. The van der Waals surface area contributed by atoms with E-state index >= 15 is 0 Å². The second-order valence-electron chi connectivity index (χ2n) is 6.28. The zero-order valence-electron chi connectivity index (χ0n) is 14.8. The molecule has 0 aliphatic carbocycles. The first kappa shape index (κ1) is 18.9. The maximum absolute atomic E-state index is 10.1. The van der Waals surface area contributed by atoms with Gasteiger partial charge in [-0.3, -0.25) is 0 Å². The van der Waals surface area contributed by atoms with Crippen molar-refractivity contribution in [3.63, 3.8) is 0 Å². The molecule has 5 heteroatoms. The second-order valence-corrected chi connectivity index (χ2v) is 6.28. The molecule has 0 amide bonds. The van der Waals surface area contributed by atoms with Gasteiger partial charge in [0.15, 0.2) is 0 Å². The summed E-state index contributed by atoms with van der Waals surface area (Å²) in [6.07, 6.45) is 2.98. The molecule has 1 aromatic carbocycles. The van der Waals surface area contributed by atoms with Crippen LogP contribution in [-0.4, -0.2) is 35.4 Å². The van der Waals surface area contributed by atoms with E-state index in [1.807, 2.05) is 25.1 Å². The number of rotatable bonds is 9. The average Bonchev–Trinajstić information content (AvgIpc) is 2.64. The molecule has 2 rings (SSSR count). The molecule has 2 aromatic rings. The molecule has 0 radical (unpaired) electrons. The van der Waals surface area contributed by atoms with Gasteiger partial charge in [0, 0.05) is 18.8 Å². The maximum atomic E-state index is 10.1. The van der Waals surface area contributed by atoms with Crippen molar-refractivity contribution >= 4 is 0 Å². The van der Waals surface area contributed by atoms with Crippen LogP contribution in [0.2, 0.25) is 0 Å². The SMILES string of the molecule is Cc1cnc(OCC(O)CNC(C)CCc2ccccc2)c(C#N)c1. The van der Waals surface area contributed by atoms with Gasteiger partial charge in [0.2, 0.25) is 5.88 Å². The summed E-state index contributed by atoms with van der Waals surface area (Å²) >= 11 is 0. The van der Waals surface area contributed by atoms with E-state index in [9.17, 15) is 5.11 Å². The highest BCUT2D eigenvalue weighted by Gasteiger charge is 2.11. The third kappa shape index (κ3) is 6.54. The van der Waals surface area contributed by atoms with Crippen LogP contribution in [0.5, 0.6) is 5.88 Å². The van der Waals surface area contributed by atoms with E-state index in [0.29, 0.717) is 18.2 Å². The number of nitriles is 1. The Labute approximate surface area is 149 Å². The minimum absolute atomic E-state index is 0.100. The zero-order chi connectivity index (χ0) is 18.1. The highest BCUT2D eigenvalue weighted by Crippen LogP contribution is 2.15. The average molecular weight is 339 g/mol. The number of ether oxygens (including phenoxy) is 1. The van der Waals surface area contributed by atoms with Crippen LogP contribution in [-0.2, 0) is 6.42 Å². The van der Waals surface area contributed by atoms with Crippen molar-refractivity contribution in [1.82, 2.24) is 10.3 Å². The van der Waals surface area contributed by atoms with Crippen molar-refractivity contribution in [2.24, 2.45) is 0 Å². The minimum atomic E-state index is -0.658.